The normalized spacial score (nSPS) is 9.08. The van der Waals surface area contributed by atoms with Crippen molar-refractivity contribution < 1.29 is 14.3 Å². The maximum atomic E-state index is 10.5. The lowest BCUT2D eigenvalue weighted by Gasteiger charge is -1.98. The number of ether oxygens (including phenoxy) is 1. The van der Waals surface area contributed by atoms with Crippen LogP contribution in [-0.2, 0) is 9.59 Å². The van der Waals surface area contributed by atoms with Crippen molar-refractivity contribution in [2.24, 2.45) is 0 Å². The average Bonchev–Trinajstić information content (AvgIpc) is 2.09. The summed E-state index contributed by atoms with van der Waals surface area (Å²) in [4.78, 5) is 20.4. The Kier molecular flexibility index (Phi) is 2.99. The molecule has 0 spiro atoms. The number of carbonyl (C=O) groups excluding carboxylic acids is 2. The summed E-state index contributed by atoms with van der Waals surface area (Å²) in [6.45, 7) is 0. The predicted octanol–water partition coefficient (Wildman–Crippen LogP) is 1.55. The molecule has 0 amide bonds. The summed E-state index contributed by atoms with van der Waals surface area (Å²) in [7, 11) is 0. The standard InChI is InChI=1S/C8H5BrO3/c9-6-1-3-7(4-2-6)12-8(11)5-10/h1-5H. The molecule has 0 aliphatic rings. The Labute approximate surface area is 77.5 Å². The highest BCUT2D eigenvalue weighted by Gasteiger charge is 2.00. The van der Waals surface area contributed by atoms with Gasteiger partial charge < -0.3 is 4.74 Å². The van der Waals surface area contributed by atoms with Gasteiger partial charge in [0.2, 0.25) is 6.29 Å². The first-order chi connectivity index (χ1) is 5.72. The van der Waals surface area contributed by atoms with Gasteiger partial charge in [0.25, 0.3) is 0 Å². The van der Waals surface area contributed by atoms with E-state index < -0.39 is 5.97 Å². The smallest absolute Gasteiger partial charge is 0.376 e. The van der Waals surface area contributed by atoms with Gasteiger partial charge in [-0.1, -0.05) is 15.9 Å². The van der Waals surface area contributed by atoms with Crippen molar-refractivity contribution in [3.63, 3.8) is 0 Å². The van der Waals surface area contributed by atoms with Crippen LogP contribution in [0.4, 0.5) is 0 Å². The predicted molar refractivity (Wildman–Crippen MR) is 45.8 cm³/mol. The fourth-order valence-corrected chi connectivity index (χ4v) is 0.907. The number of carbonyl (C=O) groups is 2. The van der Waals surface area contributed by atoms with Crippen LogP contribution in [0.3, 0.4) is 0 Å². The maximum Gasteiger partial charge on any atom is 0.376 e. The first-order valence-electron chi connectivity index (χ1n) is 3.15. The van der Waals surface area contributed by atoms with Crippen LogP contribution in [0.2, 0.25) is 0 Å². The largest absolute Gasteiger partial charge is 0.421 e. The van der Waals surface area contributed by atoms with Crippen LogP contribution in [-0.4, -0.2) is 12.3 Å². The monoisotopic (exact) mass is 228 g/mol. The van der Waals surface area contributed by atoms with E-state index >= 15 is 0 Å². The summed E-state index contributed by atoms with van der Waals surface area (Å²) in [6, 6.07) is 6.61. The minimum absolute atomic E-state index is 0.127. The molecule has 0 aliphatic carbocycles. The molecular formula is C8H5BrO3. The molecule has 0 saturated heterocycles. The van der Waals surface area contributed by atoms with E-state index in [2.05, 4.69) is 20.7 Å². The molecule has 4 heteroatoms. The van der Waals surface area contributed by atoms with Gasteiger partial charge in [0.15, 0.2) is 0 Å². The molecule has 0 atom stereocenters. The van der Waals surface area contributed by atoms with Crippen LogP contribution in [0.1, 0.15) is 0 Å². The first-order valence-corrected chi connectivity index (χ1v) is 3.94. The number of esters is 1. The number of rotatable bonds is 2. The third-order valence-corrected chi connectivity index (χ3v) is 1.66. The molecule has 0 heterocycles. The third-order valence-electron chi connectivity index (χ3n) is 1.13. The molecule has 0 radical (unpaired) electrons. The van der Waals surface area contributed by atoms with Gasteiger partial charge in [0.05, 0.1) is 0 Å². The quantitative estimate of drug-likeness (QED) is 0.334. The molecule has 0 aliphatic heterocycles. The zero-order valence-corrected chi connectivity index (χ0v) is 7.58. The van der Waals surface area contributed by atoms with Crippen molar-refractivity contribution in [3.05, 3.63) is 28.7 Å². The van der Waals surface area contributed by atoms with E-state index in [-0.39, 0.29) is 6.29 Å². The van der Waals surface area contributed by atoms with Gasteiger partial charge in [-0.2, -0.15) is 0 Å². The second kappa shape index (κ2) is 4.01. The van der Waals surface area contributed by atoms with E-state index in [1.54, 1.807) is 24.3 Å². The van der Waals surface area contributed by atoms with Crippen molar-refractivity contribution in [1.29, 1.82) is 0 Å². The van der Waals surface area contributed by atoms with Crippen LogP contribution < -0.4 is 4.74 Å². The van der Waals surface area contributed by atoms with Gasteiger partial charge in [-0.25, -0.2) is 4.79 Å². The van der Waals surface area contributed by atoms with Gasteiger partial charge in [-0.3, -0.25) is 4.79 Å². The van der Waals surface area contributed by atoms with E-state index in [0.29, 0.717) is 5.75 Å². The Bertz CT molecular complexity index is 292. The van der Waals surface area contributed by atoms with E-state index in [0.717, 1.165) is 4.47 Å². The molecule has 0 aromatic heterocycles. The minimum atomic E-state index is -0.891. The van der Waals surface area contributed by atoms with E-state index in [1.165, 1.54) is 0 Å². The van der Waals surface area contributed by atoms with Crippen molar-refractivity contribution in [2.45, 2.75) is 0 Å². The van der Waals surface area contributed by atoms with Crippen LogP contribution in [0.15, 0.2) is 28.7 Å². The highest BCUT2D eigenvalue weighted by Crippen LogP contribution is 2.15. The molecule has 0 N–H and O–H groups in total. The van der Waals surface area contributed by atoms with Crippen molar-refractivity contribution in [1.82, 2.24) is 0 Å². The van der Waals surface area contributed by atoms with E-state index in [9.17, 15) is 9.59 Å². The fraction of sp³-hybridized carbons (Fsp3) is 0. The zero-order valence-electron chi connectivity index (χ0n) is 5.99. The van der Waals surface area contributed by atoms with Crippen LogP contribution in [0.5, 0.6) is 5.75 Å². The van der Waals surface area contributed by atoms with Gasteiger partial charge in [-0.15, -0.1) is 0 Å². The highest BCUT2D eigenvalue weighted by molar-refractivity contribution is 9.10. The third kappa shape index (κ3) is 2.47. The zero-order chi connectivity index (χ0) is 8.97. The Morgan fingerprint density at radius 2 is 1.92 bits per heavy atom. The summed E-state index contributed by atoms with van der Waals surface area (Å²) in [5.74, 6) is -0.535. The summed E-state index contributed by atoms with van der Waals surface area (Å²) in [5, 5.41) is 0. The van der Waals surface area contributed by atoms with Crippen molar-refractivity contribution in [2.75, 3.05) is 0 Å². The van der Waals surface area contributed by atoms with Gasteiger partial charge in [0, 0.05) is 4.47 Å². The Morgan fingerprint density at radius 3 is 2.42 bits per heavy atom. The second-order valence-electron chi connectivity index (χ2n) is 1.99. The molecule has 12 heavy (non-hydrogen) atoms. The number of hydrogen-bond donors (Lipinski definition) is 0. The lowest BCUT2D eigenvalue weighted by atomic mass is 10.3. The first kappa shape index (κ1) is 8.93. The van der Waals surface area contributed by atoms with Crippen molar-refractivity contribution >= 4 is 28.2 Å². The number of halogens is 1. The summed E-state index contributed by atoms with van der Waals surface area (Å²) >= 11 is 3.22. The molecule has 62 valence electrons. The Balaban J connectivity index is 2.71. The SMILES string of the molecule is O=CC(=O)Oc1ccc(Br)cc1. The molecular weight excluding hydrogens is 224 g/mol. The molecule has 1 rings (SSSR count). The number of benzene rings is 1. The van der Waals surface area contributed by atoms with Crippen LogP contribution in [0.25, 0.3) is 0 Å². The lowest BCUT2D eigenvalue weighted by molar-refractivity contribution is -0.141. The molecule has 1 aromatic rings. The minimum Gasteiger partial charge on any atom is -0.421 e. The molecule has 3 nitrogen and oxygen atoms in total. The Morgan fingerprint density at radius 1 is 1.33 bits per heavy atom. The summed E-state index contributed by atoms with van der Waals surface area (Å²) < 4.78 is 5.47. The van der Waals surface area contributed by atoms with Crippen LogP contribution >= 0.6 is 15.9 Å². The molecule has 1 aromatic carbocycles. The number of hydrogen-bond acceptors (Lipinski definition) is 3. The molecule has 0 fully saturated rings. The second-order valence-corrected chi connectivity index (χ2v) is 2.91. The topological polar surface area (TPSA) is 43.4 Å². The summed E-state index contributed by atoms with van der Waals surface area (Å²) in [6.07, 6.45) is 0.127. The molecule has 0 saturated carbocycles. The van der Waals surface area contributed by atoms with E-state index in [4.69, 9.17) is 0 Å². The summed E-state index contributed by atoms with van der Waals surface area (Å²) in [5.41, 5.74) is 0. The highest BCUT2D eigenvalue weighted by atomic mass is 79.9. The number of aldehydes is 1. The van der Waals surface area contributed by atoms with E-state index in [1.807, 2.05) is 0 Å². The van der Waals surface area contributed by atoms with Gasteiger partial charge in [-0.05, 0) is 24.3 Å². The fourth-order valence-electron chi connectivity index (χ4n) is 0.643. The van der Waals surface area contributed by atoms with Crippen LogP contribution in [0, 0.1) is 0 Å². The van der Waals surface area contributed by atoms with Gasteiger partial charge >= 0.3 is 5.97 Å². The Hall–Kier alpha value is -1.16. The molecule has 0 bridgehead atoms. The lowest BCUT2D eigenvalue weighted by Crippen LogP contribution is -2.08. The molecule has 0 unspecified atom stereocenters. The van der Waals surface area contributed by atoms with Gasteiger partial charge in [0.1, 0.15) is 5.75 Å². The average molecular weight is 229 g/mol. The van der Waals surface area contributed by atoms with Crippen molar-refractivity contribution in [3.8, 4) is 5.75 Å². The maximum absolute atomic E-state index is 10.5.